The van der Waals surface area contributed by atoms with Crippen LogP contribution in [0.15, 0.2) is 52.3 Å². The molecule has 0 radical (unpaired) electrons. The highest BCUT2D eigenvalue weighted by Gasteiger charge is 2.23. The second-order valence-electron chi connectivity index (χ2n) is 6.55. The molecule has 1 N–H and O–H groups in total. The zero-order valence-corrected chi connectivity index (χ0v) is 16.6. The molecule has 26 heavy (non-hydrogen) atoms. The van der Waals surface area contributed by atoms with E-state index in [2.05, 4.69) is 11.9 Å². The number of aliphatic hydroxyl groups is 1. The topological polar surface area (TPSA) is 43.8 Å². The molecular formula is C20H23ClN2O2S. The minimum absolute atomic E-state index is 0.0637. The van der Waals surface area contributed by atoms with E-state index in [0.717, 1.165) is 41.5 Å². The Morgan fingerprint density at radius 3 is 2.50 bits per heavy atom. The van der Waals surface area contributed by atoms with Gasteiger partial charge < -0.3 is 14.9 Å². The molecule has 1 heterocycles. The zero-order chi connectivity index (χ0) is 18.7. The molecule has 3 rings (SSSR count). The van der Waals surface area contributed by atoms with E-state index in [0.29, 0.717) is 10.6 Å². The fourth-order valence-electron chi connectivity index (χ4n) is 2.97. The largest absolute Gasteiger partial charge is 0.389 e. The summed E-state index contributed by atoms with van der Waals surface area (Å²) in [6.45, 7) is 4.99. The molecule has 0 saturated carbocycles. The summed E-state index contributed by atoms with van der Waals surface area (Å²) < 4.78 is 0. The van der Waals surface area contributed by atoms with Crippen LogP contribution in [0.5, 0.6) is 0 Å². The summed E-state index contributed by atoms with van der Waals surface area (Å²) in [6.07, 6.45) is -0.628. The van der Waals surface area contributed by atoms with Crippen LogP contribution in [0.2, 0.25) is 5.02 Å². The average Bonchev–Trinajstić information content (AvgIpc) is 2.63. The second-order valence-corrected chi connectivity index (χ2v) is 8.07. The lowest BCUT2D eigenvalue weighted by Crippen LogP contribution is -2.47. The van der Waals surface area contributed by atoms with Gasteiger partial charge in [0, 0.05) is 41.0 Å². The van der Waals surface area contributed by atoms with Gasteiger partial charge >= 0.3 is 0 Å². The lowest BCUT2D eigenvalue weighted by atomic mass is 10.1. The molecule has 0 aliphatic carbocycles. The van der Waals surface area contributed by atoms with Crippen LogP contribution < -0.4 is 0 Å². The minimum Gasteiger partial charge on any atom is -0.389 e. The third kappa shape index (κ3) is 4.41. The molecule has 1 saturated heterocycles. The third-order valence-electron chi connectivity index (χ3n) is 4.55. The minimum atomic E-state index is -0.628. The molecule has 0 spiro atoms. The lowest BCUT2D eigenvalue weighted by molar-refractivity contribution is 0.0660. The maximum absolute atomic E-state index is 13.0. The van der Waals surface area contributed by atoms with Gasteiger partial charge in [0.25, 0.3) is 5.91 Å². The number of hydrogen-bond acceptors (Lipinski definition) is 4. The van der Waals surface area contributed by atoms with Gasteiger partial charge in [-0.15, -0.1) is 0 Å². The van der Waals surface area contributed by atoms with E-state index in [1.54, 1.807) is 19.1 Å². The van der Waals surface area contributed by atoms with Crippen LogP contribution in [0, 0.1) is 0 Å². The first-order valence-corrected chi connectivity index (χ1v) is 9.87. The molecule has 1 atom stereocenters. The van der Waals surface area contributed by atoms with Crippen LogP contribution in [0.3, 0.4) is 0 Å². The van der Waals surface area contributed by atoms with E-state index in [9.17, 15) is 9.90 Å². The predicted molar refractivity (Wildman–Crippen MR) is 106 cm³/mol. The van der Waals surface area contributed by atoms with Crippen LogP contribution in [-0.2, 0) is 0 Å². The van der Waals surface area contributed by atoms with Crippen molar-refractivity contribution in [2.45, 2.75) is 22.8 Å². The second kappa shape index (κ2) is 8.44. The number of halogens is 1. The number of benzene rings is 2. The first-order chi connectivity index (χ1) is 12.5. The van der Waals surface area contributed by atoms with Gasteiger partial charge in [0.15, 0.2) is 0 Å². The summed E-state index contributed by atoms with van der Waals surface area (Å²) in [5.41, 5.74) is 1.47. The molecule has 1 amide bonds. The number of nitrogens with zero attached hydrogens (tertiary/aromatic N) is 2. The normalized spacial score (nSPS) is 16.5. The molecule has 2 aromatic rings. The van der Waals surface area contributed by atoms with Gasteiger partial charge in [-0.2, -0.15) is 0 Å². The van der Waals surface area contributed by atoms with Crippen molar-refractivity contribution in [3.63, 3.8) is 0 Å². The molecular weight excluding hydrogens is 368 g/mol. The third-order valence-corrected chi connectivity index (χ3v) is 5.95. The number of carbonyl (C=O) groups is 1. The molecule has 138 valence electrons. The number of hydrogen-bond donors (Lipinski definition) is 1. The smallest absolute Gasteiger partial charge is 0.255 e. The van der Waals surface area contributed by atoms with Crippen LogP contribution in [0.4, 0.5) is 0 Å². The standard InChI is InChI=1S/C20H23ClN2O2S/c1-14(24)17-13-15(21)7-8-19(17)26-18-6-4-3-5-16(18)20(25)23-11-9-22(2)10-12-23/h3-8,13-14,24H,9-12H2,1-2H3. The Labute approximate surface area is 163 Å². The summed E-state index contributed by atoms with van der Waals surface area (Å²) >= 11 is 7.57. The van der Waals surface area contributed by atoms with Crippen LogP contribution in [0.1, 0.15) is 28.9 Å². The summed E-state index contributed by atoms with van der Waals surface area (Å²) in [5, 5.41) is 10.7. The Balaban J connectivity index is 1.87. The Bertz CT molecular complexity index is 789. The Hall–Kier alpha value is -1.53. The molecule has 1 unspecified atom stereocenters. The van der Waals surface area contributed by atoms with E-state index in [1.165, 1.54) is 11.8 Å². The van der Waals surface area contributed by atoms with Crippen molar-refractivity contribution in [3.8, 4) is 0 Å². The molecule has 1 fully saturated rings. The fourth-order valence-corrected chi connectivity index (χ4v) is 4.28. The van der Waals surface area contributed by atoms with Gasteiger partial charge in [0.1, 0.15) is 0 Å². The highest BCUT2D eigenvalue weighted by molar-refractivity contribution is 7.99. The number of rotatable bonds is 4. The first-order valence-electron chi connectivity index (χ1n) is 8.68. The number of amides is 1. The van der Waals surface area contributed by atoms with Crippen molar-refractivity contribution in [3.05, 3.63) is 58.6 Å². The van der Waals surface area contributed by atoms with Crippen LogP contribution in [0.25, 0.3) is 0 Å². The van der Waals surface area contributed by atoms with Crippen LogP contribution in [-0.4, -0.2) is 54.0 Å². The molecule has 6 heteroatoms. The Morgan fingerprint density at radius 2 is 1.81 bits per heavy atom. The maximum atomic E-state index is 13.0. The zero-order valence-electron chi connectivity index (χ0n) is 15.0. The molecule has 0 bridgehead atoms. The van der Waals surface area contributed by atoms with E-state index in [1.807, 2.05) is 35.2 Å². The van der Waals surface area contributed by atoms with Gasteiger partial charge in [-0.05, 0) is 49.9 Å². The summed E-state index contributed by atoms with van der Waals surface area (Å²) in [5.74, 6) is 0.0637. The number of piperazine rings is 1. The highest BCUT2D eigenvalue weighted by Crippen LogP contribution is 2.36. The van der Waals surface area contributed by atoms with Gasteiger partial charge in [0.05, 0.1) is 11.7 Å². The summed E-state index contributed by atoms with van der Waals surface area (Å²) in [7, 11) is 2.07. The molecule has 0 aromatic heterocycles. The van der Waals surface area contributed by atoms with Crippen molar-refractivity contribution in [1.29, 1.82) is 0 Å². The Kier molecular flexibility index (Phi) is 6.24. The van der Waals surface area contributed by atoms with Crippen molar-refractivity contribution in [1.82, 2.24) is 9.80 Å². The van der Waals surface area contributed by atoms with E-state index < -0.39 is 6.10 Å². The summed E-state index contributed by atoms with van der Waals surface area (Å²) in [6, 6.07) is 13.1. The van der Waals surface area contributed by atoms with Crippen molar-refractivity contribution in [2.24, 2.45) is 0 Å². The van der Waals surface area contributed by atoms with E-state index >= 15 is 0 Å². The Morgan fingerprint density at radius 1 is 1.12 bits per heavy atom. The fraction of sp³-hybridized carbons (Fsp3) is 0.350. The highest BCUT2D eigenvalue weighted by atomic mass is 35.5. The first kappa shape index (κ1) is 19.2. The molecule has 1 aliphatic heterocycles. The molecule has 1 aliphatic rings. The summed E-state index contributed by atoms with van der Waals surface area (Å²) in [4.78, 5) is 19.0. The van der Waals surface area contributed by atoms with Crippen molar-refractivity contribution < 1.29 is 9.90 Å². The number of aliphatic hydroxyl groups excluding tert-OH is 1. The van der Waals surface area contributed by atoms with Crippen LogP contribution >= 0.6 is 23.4 Å². The number of likely N-dealkylation sites (N-methyl/N-ethyl adjacent to an activating group) is 1. The van der Waals surface area contributed by atoms with Crippen molar-refractivity contribution in [2.75, 3.05) is 33.2 Å². The SMILES string of the molecule is CC(O)c1cc(Cl)ccc1Sc1ccccc1C(=O)N1CCN(C)CC1. The van der Waals surface area contributed by atoms with E-state index in [-0.39, 0.29) is 5.91 Å². The lowest BCUT2D eigenvalue weighted by Gasteiger charge is -2.32. The van der Waals surface area contributed by atoms with Gasteiger partial charge in [0.2, 0.25) is 0 Å². The maximum Gasteiger partial charge on any atom is 0.255 e. The van der Waals surface area contributed by atoms with Gasteiger partial charge in [-0.1, -0.05) is 35.5 Å². The predicted octanol–water partition coefficient (Wildman–Crippen LogP) is 3.93. The van der Waals surface area contributed by atoms with E-state index in [4.69, 9.17) is 11.6 Å². The van der Waals surface area contributed by atoms with Gasteiger partial charge in [-0.25, -0.2) is 0 Å². The quantitative estimate of drug-likeness (QED) is 0.858. The molecule has 2 aromatic carbocycles. The molecule has 4 nitrogen and oxygen atoms in total. The van der Waals surface area contributed by atoms with Crippen molar-refractivity contribution >= 4 is 29.3 Å². The van der Waals surface area contributed by atoms with Gasteiger partial charge in [-0.3, -0.25) is 4.79 Å². The monoisotopic (exact) mass is 390 g/mol. The average molecular weight is 391 g/mol. The number of carbonyl (C=O) groups excluding carboxylic acids is 1.